The Hall–Kier alpha value is -1.02. The highest BCUT2D eigenvalue weighted by Gasteiger charge is 2.12. The zero-order chi connectivity index (χ0) is 12.3. The Bertz CT molecular complexity index is 356. The molecule has 1 aromatic carbocycles. The SMILES string of the molecule is Cc1cc(C)c(NC(CN)C(C)C)cc1C. The third-order valence-electron chi connectivity index (χ3n) is 3.24. The maximum atomic E-state index is 5.78. The van der Waals surface area contributed by atoms with Crippen LogP contribution in [0.3, 0.4) is 0 Å². The van der Waals surface area contributed by atoms with Gasteiger partial charge < -0.3 is 11.1 Å². The molecule has 0 radical (unpaired) electrons. The fraction of sp³-hybridized carbons (Fsp3) is 0.571. The number of nitrogens with two attached hydrogens (primary N) is 1. The van der Waals surface area contributed by atoms with Crippen molar-refractivity contribution in [3.05, 3.63) is 28.8 Å². The van der Waals surface area contributed by atoms with Crippen LogP contribution in [0.2, 0.25) is 0 Å². The second kappa shape index (κ2) is 5.35. The number of aryl methyl sites for hydroxylation is 3. The first-order valence-corrected chi connectivity index (χ1v) is 6.00. The summed E-state index contributed by atoms with van der Waals surface area (Å²) < 4.78 is 0. The monoisotopic (exact) mass is 220 g/mol. The lowest BCUT2D eigenvalue weighted by molar-refractivity contribution is 0.531. The molecule has 0 aliphatic heterocycles. The molecule has 0 amide bonds. The molecule has 0 aliphatic rings. The summed E-state index contributed by atoms with van der Waals surface area (Å²) in [6.07, 6.45) is 0. The van der Waals surface area contributed by atoms with Crippen molar-refractivity contribution in [3.8, 4) is 0 Å². The molecule has 0 saturated heterocycles. The van der Waals surface area contributed by atoms with Gasteiger partial charge in [-0.3, -0.25) is 0 Å². The van der Waals surface area contributed by atoms with Crippen molar-refractivity contribution in [3.63, 3.8) is 0 Å². The van der Waals surface area contributed by atoms with Crippen molar-refractivity contribution in [1.29, 1.82) is 0 Å². The largest absolute Gasteiger partial charge is 0.381 e. The number of anilines is 1. The van der Waals surface area contributed by atoms with E-state index in [1.54, 1.807) is 0 Å². The number of rotatable bonds is 4. The van der Waals surface area contributed by atoms with Gasteiger partial charge in [-0.05, 0) is 49.4 Å². The van der Waals surface area contributed by atoms with Crippen molar-refractivity contribution in [2.75, 3.05) is 11.9 Å². The predicted molar refractivity (Wildman–Crippen MR) is 72.0 cm³/mol. The van der Waals surface area contributed by atoms with Crippen LogP contribution in [0.25, 0.3) is 0 Å². The highest BCUT2D eigenvalue weighted by Crippen LogP contribution is 2.21. The summed E-state index contributed by atoms with van der Waals surface area (Å²) in [5, 5.41) is 3.54. The minimum absolute atomic E-state index is 0.348. The van der Waals surface area contributed by atoms with E-state index in [1.807, 2.05) is 0 Å². The summed E-state index contributed by atoms with van der Waals surface area (Å²) in [5.41, 5.74) is 11.0. The minimum Gasteiger partial charge on any atom is -0.381 e. The van der Waals surface area contributed by atoms with E-state index in [-0.39, 0.29) is 0 Å². The van der Waals surface area contributed by atoms with Crippen molar-refractivity contribution in [2.24, 2.45) is 11.7 Å². The van der Waals surface area contributed by atoms with Gasteiger partial charge in [0.15, 0.2) is 0 Å². The maximum absolute atomic E-state index is 5.78. The molecule has 2 heteroatoms. The second-order valence-corrected chi connectivity index (χ2v) is 4.98. The number of benzene rings is 1. The van der Waals surface area contributed by atoms with Crippen LogP contribution < -0.4 is 11.1 Å². The first-order valence-electron chi connectivity index (χ1n) is 6.00. The molecule has 16 heavy (non-hydrogen) atoms. The Morgan fingerprint density at radius 1 is 1.06 bits per heavy atom. The molecular weight excluding hydrogens is 196 g/mol. The van der Waals surface area contributed by atoms with E-state index < -0.39 is 0 Å². The first kappa shape index (κ1) is 13.0. The Kier molecular flexibility index (Phi) is 4.36. The van der Waals surface area contributed by atoms with Gasteiger partial charge in [0.05, 0.1) is 0 Å². The van der Waals surface area contributed by atoms with Crippen molar-refractivity contribution in [1.82, 2.24) is 0 Å². The quantitative estimate of drug-likeness (QED) is 0.818. The Labute approximate surface area is 99.2 Å². The lowest BCUT2D eigenvalue weighted by Crippen LogP contribution is -2.33. The maximum Gasteiger partial charge on any atom is 0.0406 e. The smallest absolute Gasteiger partial charge is 0.0406 e. The van der Waals surface area contributed by atoms with Gasteiger partial charge in [-0.2, -0.15) is 0 Å². The number of nitrogens with one attached hydrogen (secondary N) is 1. The Morgan fingerprint density at radius 3 is 2.12 bits per heavy atom. The molecule has 0 aliphatic carbocycles. The first-order chi connectivity index (χ1) is 7.45. The number of hydrogen-bond acceptors (Lipinski definition) is 2. The average molecular weight is 220 g/mol. The third-order valence-corrected chi connectivity index (χ3v) is 3.24. The van der Waals surface area contributed by atoms with Crippen molar-refractivity contribution >= 4 is 5.69 Å². The van der Waals surface area contributed by atoms with Gasteiger partial charge in [0, 0.05) is 18.3 Å². The van der Waals surface area contributed by atoms with Crippen molar-refractivity contribution < 1.29 is 0 Å². The molecular formula is C14H24N2. The molecule has 3 N–H and O–H groups in total. The third kappa shape index (κ3) is 2.99. The van der Waals surface area contributed by atoms with Crippen molar-refractivity contribution in [2.45, 2.75) is 40.7 Å². The fourth-order valence-corrected chi connectivity index (χ4v) is 1.81. The van der Waals surface area contributed by atoms with Gasteiger partial charge in [-0.15, -0.1) is 0 Å². The Morgan fingerprint density at radius 2 is 1.62 bits per heavy atom. The normalized spacial score (nSPS) is 12.9. The fourth-order valence-electron chi connectivity index (χ4n) is 1.81. The van der Waals surface area contributed by atoms with E-state index in [9.17, 15) is 0 Å². The molecule has 0 heterocycles. The Balaban J connectivity index is 2.92. The minimum atomic E-state index is 0.348. The van der Waals surface area contributed by atoms with Gasteiger partial charge in [-0.1, -0.05) is 19.9 Å². The van der Waals surface area contributed by atoms with E-state index in [1.165, 1.54) is 22.4 Å². The number of hydrogen-bond donors (Lipinski definition) is 2. The molecule has 90 valence electrons. The summed E-state index contributed by atoms with van der Waals surface area (Å²) in [4.78, 5) is 0. The zero-order valence-electron chi connectivity index (χ0n) is 11.1. The van der Waals surface area contributed by atoms with Gasteiger partial charge in [0.25, 0.3) is 0 Å². The van der Waals surface area contributed by atoms with Gasteiger partial charge in [0.1, 0.15) is 0 Å². The molecule has 0 fully saturated rings. The van der Waals surface area contributed by atoms with Crippen LogP contribution in [0.1, 0.15) is 30.5 Å². The van der Waals surface area contributed by atoms with E-state index in [4.69, 9.17) is 5.73 Å². The highest BCUT2D eigenvalue weighted by molar-refractivity contribution is 5.55. The second-order valence-electron chi connectivity index (χ2n) is 4.98. The van der Waals surface area contributed by atoms with E-state index >= 15 is 0 Å². The van der Waals surface area contributed by atoms with Crippen LogP contribution in [0, 0.1) is 26.7 Å². The standard InChI is InChI=1S/C14H24N2/c1-9(2)14(8-15)16-13-7-11(4)10(3)6-12(13)5/h6-7,9,14,16H,8,15H2,1-5H3. The highest BCUT2D eigenvalue weighted by atomic mass is 14.9. The summed E-state index contributed by atoms with van der Waals surface area (Å²) >= 11 is 0. The van der Waals surface area contributed by atoms with Crippen LogP contribution in [0.5, 0.6) is 0 Å². The predicted octanol–water partition coefficient (Wildman–Crippen LogP) is 3.01. The van der Waals surface area contributed by atoms with Gasteiger partial charge in [0.2, 0.25) is 0 Å². The molecule has 0 bridgehead atoms. The molecule has 0 saturated carbocycles. The van der Waals surface area contributed by atoms with Crippen LogP contribution in [0.4, 0.5) is 5.69 Å². The van der Waals surface area contributed by atoms with Crippen LogP contribution in [-0.2, 0) is 0 Å². The molecule has 1 unspecified atom stereocenters. The lowest BCUT2D eigenvalue weighted by atomic mass is 10.0. The topological polar surface area (TPSA) is 38.0 Å². The molecule has 1 aromatic rings. The van der Waals surface area contributed by atoms with Crippen LogP contribution >= 0.6 is 0 Å². The molecule has 1 rings (SSSR count). The van der Waals surface area contributed by atoms with E-state index in [0.29, 0.717) is 18.5 Å². The van der Waals surface area contributed by atoms with Gasteiger partial charge in [-0.25, -0.2) is 0 Å². The zero-order valence-corrected chi connectivity index (χ0v) is 11.1. The van der Waals surface area contributed by atoms with E-state index in [0.717, 1.165) is 0 Å². The molecule has 0 spiro atoms. The molecule has 2 nitrogen and oxygen atoms in total. The van der Waals surface area contributed by atoms with Crippen LogP contribution in [0.15, 0.2) is 12.1 Å². The summed E-state index contributed by atoms with van der Waals surface area (Å²) in [7, 11) is 0. The molecule has 0 aromatic heterocycles. The summed E-state index contributed by atoms with van der Waals surface area (Å²) in [6.45, 7) is 11.5. The average Bonchev–Trinajstić information content (AvgIpc) is 2.21. The molecule has 1 atom stereocenters. The lowest BCUT2D eigenvalue weighted by Gasteiger charge is -2.23. The summed E-state index contributed by atoms with van der Waals surface area (Å²) in [5.74, 6) is 0.547. The summed E-state index contributed by atoms with van der Waals surface area (Å²) in [6, 6.07) is 4.79. The van der Waals surface area contributed by atoms with E-state index in [2.05, 4.69) is 52.1 Å². The van der Waals surface area contributed by atoms with Gasteiger partial charge >= 0.3 is 0 Å². The van der Waals surface area contributed by atoms with Crippen LogP contribution in [-0.4, -0.2) is 12.6 Å².